The molecule has 3 radical (unpaired) electrons. The van der Waals surface area contributed by atoms with Crippen molar-refractivity contribution in [3.63, 3.8) is 0 Å². The van der Waals surface area contributed by atoms with Crippen molar-refractivity contribution in [2.45, 2.75) is 12.7 Å². The van der Waals surface area contributed by atoms with Crippen LogP contribution < -0.4 is 5.19 Å². The molecule has 1 aromatic carbocycles. The fourth-order valence-electron chi connectivity index (χ4n) is 0.786. The van der Waals surface area contributed by atoms with Crippen molar-refractivity contribution in [1.29, 1.82) is 0 Å². The van der Waals surface area contributed by atoms with Crippen molar-refractivity contribution in [2.75, 3.05) is 0 Å². The number of rotatable bonds is 2. The lowest BCUT2D eigenvalue weighted by Crippen LogP contribution is -2.00. The van der Waals surface area contributed by atoms with Crippen LogP contribution in [-0.2, 0) is 10.5 Å². The molecule has 3 heteroatoms. The minimum Gasteiger partial charge on any atom is -0.288 e. The topological polar surface area (TPSA) is 17.1 Å². The molecular formula is C9H9OSSi. The van der Waals surface area contributed by atoms with Gasteiger partial charge in [-0.15, -0.1) is 0 Å². The van der Waals surface area contributed by atoms with Gasteiger partial charge in [0.15, 0.2) is 5.12 Å². The Kier molecular flexibility index (Phi) is 3.56. The van der Waals surface area contributed by atoms with Gasteiger partial charge >= 0.3 is 0 Å². The van der Waals surface area contributed by atoms with E-state index < -0.39 is 0 Å². The molecule has 0 N–H and O–H groups in total. The summed E-state index contributed by atoms with van der Waals surface area (Å²) in [5, 5.41) is 1.23. The number of hydrogen-bond acceptors (Lipinski definition) is 2. The van der Waals surface area contributed by atoms with E-state index in [-0.39, 0.29) is 5.12 Å². The molecule has 0 amide bonds. The molecule has 0 bridgehead atoms. The molecule has 0 saturated carbocycles. The molecule has 12 heavy (non-hydrogen) atoms. The maximum Gasteiger partial charge on any atom is 0.186 e. The molecule has 0 fully saturated rings. The van der Waals surface area contributed by atoms with Gasteiger partial charge in [0, 0.05) is 12.7 Å². The first-order valence-corrected chi connectivity index (χ1v) is 5.11. The monoisotopic (exact) mass is 193 g/mol. The fraction of sp³-hybridized carbons (Fsp3) is 0.222. The van der Waals surface area contributed by atoms with Gasteiger partial charge in [0.05, 0.1) is 10.2 Å². The van der Waals surface area contributed by atoms with Crippen molar-refractivity contribution >= 4 is 32.3 Å². The zero-order valence-corrected chi connectivity index (χ0v) is 8.65. The maximum atomic E-state index is 10.6. The van der Waals surface area contributed by atoms with Gasteiger partial charge < -0.3 is 0 Å². The Bertz CT molecular complexity index is 268. The summed E-state index contributed by atoms with van der Waals surface area (Å²) in [4.78, 5) is 10.6. The predicted molar refractivity (Wildman–Crippen MR) is 53.8 cm³/mol. The number of carbonyl (C=O) groups excluding carboxylic acids is 1. The fourth-order valence-corrected chi connectivity index (χ4v) is 1.51. The summed E-state index contributed by atoms with van der Waals surface area (Å²) in [6.07, 6.45) is 0. The zero-order valence-electron chi connectivity index (χ0n) is 6.83. The lowest BCUT2D eigenvalue weighted by molar-refractivity contribution is -0.109. The summed E-state index contributed by atoms with van der Waals surface area (Å²) < 4.78 is 0. The van der Waals surface area contributed by atoms with Crippen molar-refractivity contribution in [2.24, 2.45) is 0 Å². The van der Waals surface area contributed by atoms with E-state index in [9.17, 15) is 4.79 Å². The van der Waals surface area contributed by atoms with Crippen LogP contribution in [-0.4, -0.2) is 15.4 Å². The molecule has 0 aliphatic carbocycles. The van der Waals surface area contributed by atoms with Crippen LogP contribution in [0.15, 0.2) is 24.3 Å². The minimum atomic E-state index is 0.164. The molecule has 0 unspecified atom stereocenters. The average molecular weight is 193 g/mol. The molecule has 0 saturated heterocycles. The third kappa shape index (κ3) is 3.24. The average Bonchev–Trinajstić information content (AvgIpc) is 2.03. The number of benzene rings is 1. The molecule has 1 nitrogen and oxygen atoms in total. The van der Waals surface area contributed by atoms with Gasteiger partial charge in [-0.3, -0.25) is 4.79 Å². The van der Waals surface area contributed by atoms with Crippen molar-refractivity contribution < 1.29 is 4.79 Å². The van der Waals surface area contributed by atoms with E-state index in [4.69, 9.17) is 0 Å². The van der Waals surface area contributed by atoms with Crippen molar-refractivity contribution in [3.8, 4) is 0 Å². The molecule has 0 aliphatic rings. The molecule has 0 aliphatic heterocycles. The van der Waals surface area contributed by atoms with Crippen LogP contribution in [0.1, 0.15) is 12.5 Å². The van der Waals surface area contributed by atoms with Gasteiger partial charge in [-0.25, -0.2) is 0 Å². The van der Waals surface area contributed by atoms with Crippen LogP contribution in [0.3, 0.4) is 0 Å². The van der Waals surface area contributed by atoms with E-state index in [1.165, 1.54) is 17.3 Å². The molecular weight excluding hydrogens is 184 g/mol. The van der Waals surface area contributed by atoms with Crippen LogP contribution >= 0.6 is 11.8 Å². The Morgan fingerprint density at radius 2 is 2.00 bits per heavy atom. The molecule has 1 rings (SSSR count). The molecule has 0 aromatic heterocycles. The van der Waals surface area contributed by atoms with E-state index in [2.05, 4.69) is 10.2 Å². The molecule has 0 spiro atoms. The Morgan fingerprint density at radius 3 is 2.50 bits per heavy atom. The first kappa shape index (κ1) is 9.54. The Hall–Kier alpha value is -0.543. The second-order valence-electron chi connectivity index (χ2n) is 2.48. The summed E-state index contributed by atoms with van der Waals surface area (Å²) in [5.74, 6) is 0.766. The van der Waals surface area contributed by atoms with Crippen LogP contribution in [0.25, 0.3) is 0 Å². The molecule has 61 valence electrons. The number of thioether (sulfide) groups is 1. The summed E-state index contributed by atoms with van der Waals surface area (Å²) >= 11 is 1.34. The van der Waals surface area contributed by atoms with Crippen LogP contribution in [0, 0.1) is 0 Å². The quantitative estimate of drug-likeness (QED) is 0.658. The molecule has 0 heterocycles. The van der Waals surface area contributed by atoms with E-state index in [1.807, 2.05) is 24.3 Å². The standard InChI is InChI=1S/C9H9OSSi/c1-7(10)11-6-8-2-4-9(12)5-3-8/h2-5H,6H2,1H3. The molecule has 0 atom stereocenters. The summed E-state index contributed by atoms with van der Waals surface area (Å²) in [6.45, 7) is 1.59. The largest absolute Gasteiger partial charge is 0.288 e. The van der Waals surface area contributed by atoms with Gasteiger partial charge in [0.2, 0.25) is 0 Å². The van der Waals surface area contributed by atoms with Gasteiger partial charge in [0.25, 0.3) is 0 Å². The van der Waals surface area contributed by atoms with Crippen molar-refractivity contribution in [3.05, 3.63) is 29.8 Å². The summed E-state index contributed by atoms with van der Waals surface area (Å²) in [6, 6.07) is 7.98. The lowest BCUT2D eigenvalue weighted by Gasteiger charge is -1.98. The van der Waals surface area contributed by atoms with Crippen LogP contribution in [0.5, 0.6) is 0 Å². The van der Waals surface area contributed by atoms with Gasteiger partial charge in [-0.1, -0.05) is 41.2 Å². The molecule has 1 aromatic rings. The smallest absolute Gasteiger partial charge is 0.186 e. The first-order chi connectivity index (χ1) is 5.68. The highest BCUT2D eigenvalue weighted by Crippen LogP contribution is 2.10. The van der Waals surface area contributed by atoms with E-state index in [0.29, 0.717) is 0 Å². The maximum absolute atomic E-state index is 10.6. The summed E-state index contributed by atoms with van der Waals surface area (Å²) in [7, 11) is 3.40. The second-order valence-corrected chi connectivity index (χ2v) is 4.21. The van der Waals surface area contributed by atoms with E-state index in [1.54, 1.807) is 6.92 Å². The van der Waals surface area contributed by atoms with Gasteiger partial charge in [0.1, 0.15) is 0 Å². The highest BCUT2D eigenvalue weighted by molar-refractivity contribution is 8.12. The normalized spacial score (nSPS) is 9.83. The van der Waals surface area contributed by atoms with Gasteiger partial charge in [-0.2, -0.15) is 0 Å². The highest BCUT2D eigenvalue weighted by Gasteiger charge is 1.95. The Labute approximate surface area is 80.0 Å². The lowest BCUT2D eigenvalue weighted by atomic mass is 10.2. The van der Waals surface area contributed by atoms with E-state index >= 15 is 0 Å². The Morgan fingerprint density at radius 1 is 1.42 bits per heavy atom. The third-order valence-electron chi connectivity index (χ3n) is 1.40. The first-order valence-electron chi connectivity index (χ1n) is 3.62. The third-order valence-corrected chi connectivity index (χ3v) is 2.61. The summed E-state index contributed by atoms with van der Waals surface area (Å²) in [5.41, 5.74) is 1.18. The SMILES string of the molecule is CC(=O)SCc1ccc([Si])cc1. The predicted octanol–water partition coefficient (Wildman–Crippen LogP) is 1.26. The van der Waals surface area contributed by atoms with Gasteiger partial charge in [-0.05, 0) is 5.56 Å². The number of hydrogen-bond donors (Lipinski definition) is 0. The van der Waals surface area contributed by atoms with Crippen LogP contribution in [0.2, 0.25) is 0 Å². The number of carbonyl (C=O) groups is 1. The second kappa shape index (κ2) is 4.47. The zero-order chi connectivity index (χ0) is 8.97. The van der Waals surface area contributed by atoms with E-state index in [0.717, 1.165) is 10.9 Å². The highest BCUT2D eigenvalue weighted by atomic mass is 32.2. The van der Waals surface area contributed by atoms with Crippen molar-refractivity contribution in [1.82, 2.24) is 0 Å². The Balaban J connectivity index is 2.53. The minimum absolute atomic E-state index is 0.164. The van der Waals surface area contributed by atoms with Crippen LogP contribution in [0.4, 0.5) is 0 Å².